The van der Waals surface area contributed by atoms with Gasteiger partial charge in [-0.15, -0.1) is 0 Å². The molecule has 2 aliphatic heterocycles. The van der Waals surface area contributed by atoms with Crippen LogP contribution in [0.2, 0.25) is 0 Å². The molecule has 9 heteroatoms. The van der Waals surface area contributed by atoms with Gasteiger partial charge in [-0.05, 0) is 53.6 Å². The van der Waals surface area contributed by atoms with Gasteiger partial charge in [0, 0.05) is 44.7 Å². The Kier molecular flexibility index (Phi) is 9.28. The minimum absolute atomic E-state index is 0.0988. The normalized spacial score (nSPS) is 17.8. The molecule has 7 nitrogen and oxygen atoms in total. The molecule has 2 fully saturated rings. The number of amides is 2. The number of hydrogen-bond acceptors (Lipinski definition) is 7. The summed E-state index contributed by atoms with van der Waals surface area (Å²) in [6.07, 6.45) is 3.31. The first-order valence-electron chi connectivity index (χ1n) is 13.5. The molecule has 3 aromatic carbocycles. The van der Waals surface area contributed by atoms with Crippen LogP contribution in [0.1, 0.15) is 27.9 Å². The molecule has 0 aromatic heterocycles. The first kappa shape index (κ1) is 28.7. The highest BCUT2D eigenvalue weighted by atomic mass is 32.2. The maximum atomic E-state index is 13.2. The summed E-state index contributed by atoms with van der Waals surface area (Å²) in [5, 5.41) is -0.551. The number of rotatable bonds is 8. The van der Waals surface area contributed by atoms with Gasteiger partial charge in [0.15, 0.2) is 5.78 Å². The second-order valence-electron chi connectivity index (χ2n) is 9.91. The number of allylic oxidation sites excluding steroid dienone is 1. The van der Waals surface area contributed by atoms with Crippen molar-refractivity contribution in [3.63, 3.8) is 0 Å². The minimum atomic E-state index is -0.551. The van der Waals surface area contributed by atoms with Gasteiger partial charge in [-0.25, -0.2) is 4.90 Å². The number of piperazine rings is 1. The van der Waals surface area contributed by atoms with Crippen molar-refractivity contribution in [3.8, 4) is 5.75 Å². The Hall–Kier alpha value is -3.79. The second kappa shape index (κ2) is 13.2. The average molecular weight is 586 g/mol. The van der Waals surface area contributed by atoms with E-state index in [2.05, 4.69) is 34.1 Å². The van der Waals surface area contributed by atoms with E-state index >= 15 is 0 Å². The number of anilines is 1. The third-order valence-corrected chi connectivity index (χ3v) is 8.82. The second-order valence-corrected chi connectivity index (χ2v) is 11.8. The lowest BCUT2D eigenvalue weighted by molar-refractivity contribution is -0.121. The predicted octanol–water partition coefficient (Wildman–Crippen LogP) is 5.06. The van der Waals surface area contributed by atoms with Crippen molar-refractivity contribution < 1.29 is 19.1 Å². The number of nitrogens with zero attached hydrogens (tertiary/aromatic N) is 3. The fourth-order valence-corrected chi connectivity index (χ4v) is 6.42. The number of carbonyl (C=O) groups is 3. The zero-order valence-corrected chi connectivity index (χ0v) is 24.4. The molecule has 0 bridgehead atoms. The van der Waals surface area contributed by atoms with Gasteiger partial charge in [0.05, 0.1) is 12.8 Å². The van der Waals surface area contributed by atoms with Crippen LogP contribution in [-0.2, 0) is 16.1 Å². The molecule has 2 aliphatic rings. The van der Waals surface area contributed by atoms with E-state index in [1.165, 1.54) is 28.3 Å². The zero-order valence-electron chi connectivity index (χ0n) is 22.8. The molecule has 5 rings (SSSR count). The number of carbonyl (C=O) groups excluding carboxylic acids is 3. The number of imide groups is 1. The third kappa shape index (κ3) is 7.11. The first-order valence-corrected chi connectivity index (χ1v) is 14.8. The van der Waals surface area contributed by atoms with E-state index < -0.39 is 5.25 Å². The molecule has 210 valence electrons. The summed E-state index contributed by atoms with van der Waals surface area (Å²) in [5.41, 5.74) is 3.05. The molecule has 0 N–H and O–H groups in total. The highest BCUT2D eigenvalue weighted by Gasteiger charge is 2.41. The van der Waals surface area contributed by atoms with Crippen LogP contribution in [0.25, 0.3) is 6.08 Å². The molecular weight excluding hydrogens is 555 g/mol. The molecule has 1 atom stereocenters. The topological polar surface area (TPSA) is 70.2 Å². The van der Waals surface area contributed by atoms with Crippen molar-refractivity contribution in [3.05, 3.63) is 102 Å². The van der Waals surface area contributed by atoms with Crippen molar-refractivity contribution in [2.45, 2.75) is 18.2 Å². The highest BCUT2D eigenvalue weighted by Crippen LogP contribution is 2.32. The van der Waals surface area contributed by atoms with Crippen molar-refractivity contribution in [2.24, 2.45) is 0 Å². The van der Waals surface area contributed by atoms with Crippen LogP contribution in [0.5, 0.6) is 5.75 Å². The summed E-state index contributed by atoms with van der Waals surface area (Å²) in [6, 6.07) is 24.3. The molecule has 0 spiro atoms. The number of thioether (sulfide) groups is 1. The van der Waals surface area contributed by atoms with Crippen molar-refractivity contribution >= 4 is 57.7 Å². The van der Waals surface area contributed by atoms with Crippen LogP contribution < -0.4 is 9.64 Å². The first-order chi connectivity index (χ1) is 19.9. The third-order valence-electron chi connectivity index (χ3n) is 7.16. The zero-order chi connectivity index (χ0) is 28.8. The maximum absolute atomic E-state index is 13.2. The number of methoxy groups -OCH3 is 1. The lowest BCUT2D eigenvalue weighted by Crippen LogP contribution is -2.47. The Labute approximate surface area is 249 Å². The molecular formula is C32H31N3O4S2. The highest BCUT2D eigenvalue weighted by molar-refractivity contribution is 8.23. The van der Waals surface area contributed by atoms with Crippen LogP contribution in [0.15, 0.2) is 84.9 Å². The lowest BCUT2D eigenvalue weighted by atomic mass is 10.1. The van der Waals surface area contributed by atoms with Gasteiger partial charge >= 0.3 is 0 Å². The Morgan fingerprint density at radius 1 is 0.976 bits per heavy atom. The molecule has 41 heavy (non-hydrogen) atoms. The van der Waals surface area contributed by atoms with E-state index in [4.69, 9.17) is 17.0 Å². The SMILES string of the molecule is COc1cccc(/C=C/C(=O)c2ccc(N3C(=O)C[C@@H](SC(=S)N4CCN(Cc5ccccc5)CC4)C3=O)cc2)c1. The Bertz CT molecular complexity index is 1450. The van der Waals surface area contributed by atoms with E-state index in [0.29, 0.717) is 21.3 Å². The molecule has 0 saturated carbocycles. The van der Waals surface area contributed by atoms with Gasteiger partial charge in [0.2, 0.25) is 11.8 Å². The smallest absolute Gasteiger partial charge is 0.247 e. The van der Waals surface area contributed by atoms with E-state index in [0.717, 1.165) is 38.3 Å². The Balaban J connectivity index is 1.14. The van der Waals surface area contributed by atoms with Gasteiger partial charge in [-0.1, -0.05) is 72.5 Å². The van der Waals surface area contributed by atoms with E-state index in [-0.39, 0.29) is 24.0 Å². The summed E-state index contributed by atoms with van der Waals surface area (Å²) >= 11 is 6.98. The lowest BCUT2D eigenvalue weighted by Gasteiger charge is -2.36. The average Bonchev–Trinajstić information content (AvgIpc) is 3.28. The summed E-state index contributed by atoms with van der Waals surface area (Å²) in [6.45, 7) is 4.26. The number of hydrogen-bond donors (Lipinski definition) is 0. The quantitative estimate of drug-likeness (QED) is 0.157. The number of thiocarbonyl (C=S) groups is 1. The summed E-state index contributed by atoms with van der Waals surface area (Å²) in [4.78, 5) is 44.5. The van der Waals surface area contributed by atoms with Crippen LogP contribution in [0.3, 0.4) is 0 Å². The minimum Gasteiger partial charge on any atom is -0.497 e. The molecule has 3 aromatic rings. The molecule has 2 heterocycles. The number of ether oxygens (including phenoxy) is 1. The van der Waals surface area contributed by atoms with Crippen molar-refractivity contribution in [2.75, 3.05) is 38.2 Å². The van der Waals surface area contributed by atoms with E-state index in [1.807, 2.05) is 30.3 Å². The molecule has 2 saturated heterocycles. The van der Waals surface area contributed by atoms with E-state index in [1.54, 1.807) is 37.5 Å². The van der Waals surface area contributed by atoms with Crippen LogP contribution in [0.4, 0.5) is 5.69 Å². The largest absolute Gasteiger partial charge is 0.497 e. The van der Waals surface area contributed by atoms with Crippen LogP contribution >= 0.6 is 24.0 Å². The summed E-state index contributed by atoms with van der Waals surface area (Å²) in [7, 11) is 1.59. The number of ketones is 1. The van der Waals surface area contributed by atoms with E-state index in [9.17, 15) is 14.4 Å². The molecule has 0 radical (unpaired) electrons. The van der Waals surface area contributed by atoms with Gasteiger partial charge in [-0.2, -0.15) is 0 Å². The van der Waals surface area contributed by atoms with Gasteiger partial charge in [0.25, 0.3) is 0 Å². The fraction of sp³-hybridized carbons (Fsp3) is 0.250. The van der Waals surface area contributed by atoms with Gasteiger partial charge < -0.3 is 9.64 Å². The van der Waals surface area contributed by atoms with Crippen molar-refractivity contribution in [1.29, 1.82) is 0 Å². The van der Waals surface area contributed by atoms with Crippen LogP contribution in [0, 0.1) is 0 Å². The van der Waals surface area contributed by atoms with Crippen LogP contribution in [-0.4, -0.2) is 70.3 Å². The van der Waals surface area contributed by atoms with Gasteiger partial charge in [0.1, 0.15) is 15.3 Å². The fourth-order valence-electron chi connectivity index (χ4n) is 4.88. The monoisotopic (exact) mass is 585 g/mol. The summed E-state index contributed by atoms with van der Waals surface area (Å²) in [5.74, 6) is -0.00864. The van der Waals surface area contributed by atoms with Gasteiger partial charge in [-0.3, -0.25) is 19.3 Å². The van der Waals surface area contributed by atoms with Crippen molar-refractivity contribution in [1.82, 2.24) is 9.80 Å². The Morgan fingerprint density at radius 2 is 1.71 bits per heavy atom. The molecule has 0 aliphatic carbocycles. The molecule has 2 amide bonds. The Morgan fingerprint density at radius 3 is 2.41 bits per heavy atom. The number of benzene rings is 3. The summed E-state index contributed by atoms with van der Waals surface area (Å²) < 4.78 is 5.87. The predicted molar refractivity (Wildman–Crippen MR) is 167 cm³/mol. The maximum Gasteiger partial charge on any atom is 0.247 e. The standard InChI is InChI=1S/C32H31N3O4S2/c1-39-27-9-5-8-23(20-27)10-15-28(36)25-11-13-26(14-12-25)35-30(37)21-29(31(35)38)41-32(40)34-18-16-33(17-19-34)22-24-6-3-2-4-7-24/h2-15,20,29H,16-19,21-22H2,1H3/b15-10+/t29-/m1/s1. The molecule has 0 unspecified atom stereocenters.